The van der Waals surface area contributed by atoms with Crippen molar-refractivity contribution in [1.29, 1.82) is 0 Å². The van der Waals surface area contributed by atoms with Gasteiger partial charge in [0, 0.05) is 0 Å². The van der Waals surface area contributed by atoms with Crippen molar-refractivity contribution in [3.8, 4) is 11.5 Å². The molecular formula is C15H21N3O8. The molecule has 1 saturated heterocycles. The van der Waals surface area contributed by atoms with E-state index in [4.69, 9.17) is 14.6 Å². The fourth-order valence-electron chi connectivity index (χ4n) is 2.32. The fraction of sp³-hybridized carbons (Fsp3) is 0.467. The van der Waals surface area contributed by atoms with Crippen LogP contribution in [0.3, 0.4) is 0 Å². The molecule has 1 aliphatic rings. The summed E-state index contributed by atoms with van der Waals surface area (Å²) in [6.45, 7) is -0.606. The molecule has 2 amide bonds. The first kappa shape index (κ1) is 19.9. The molecule has 5 atom stereocenters. The van der Waals surface area contributed by atoms with Crippen molar-refractivity contribution in [3.63, 3.8) is 0 Å². The van der Waals surface area contributed by atoms with Crippen LogP contribution in [0.15, 0.2) is 23.3 Å². The summed E-state index contributed by atoms with van der Waals surface area (Å²) in [6, 6.07) is 3.58. The highest BCUT2D eigenvalue weighted by atomic mass is 16.6. The van der Waals surface area contributed by atoms with Gasteiger partial charge in [0.25, 0.3) is 0 Å². The van der Waals surface area contributed by atoms with Crippen LogP contribution in [-0.2, 0) is 4.74 Å². The summed E-state index contributed by atoms with van der Waals surface area (Å²) in [4.78, 5) is 11.8. The third-order valence-electron chi connectivity index (χ3n) is 3.75. The number of carbonyl (C=O) groups is 1. The maximum Gasteiger partial charge on any atom is 0.337 e. The Balaban J connectivity index is 1.92. The van der Waals surface area contributed by atoms with E-state index in [2.05, 4.69) is 15.8 Å². The van der Waals surface area contributed by atoms with Crippen molar-refractivity contribution in [2.24, 2.45) is 5.10 Å². The number of phenols is 1. The molecule has 5 unspecified atom stereocenters. The van der Waals surface area contributed by atoms with Crippen molar-refractivity contribution in [2.45, 2.75) is 30.6 Å². The van der Waals surface area contributed by atoms with Gasteiger partial charge in [-0.1, -0.05) is 0 Å². The molecule has 7 N–H and O–H groups in total. The molecule has 0 radical (unpaired) electrons. The second kappa shape index (κ2) is 8.78. The van der Waals surface area contributed by atoms with E-state index in [-0.39, 0.29) is 11.5 Å². The van der Waals surface area contributed by atoms with Crippen molar-refractivity contribution in [1.82, 2.24) is 10.7 Å². The second-order valence-corrected chi connectivity index (χ2v) is 5.52. The van der Waals surface area contributed by atoms with Gasteiger partial charge in [-0.2, -0.15) is 5.10 Å². The molecular weight excluding hydrogens is 350 g/mol. The number of nitrogens with one attached hydrogen (secondary N) is 2. The van der Waals surface area contributed by atoms with Gasteiger partial charge in [0.1, 0.15) is 24.4 Å². The lowest BCUT2D eigenvalue weighted by molar-refractivity contribution is -0.233. The van der Waals surface area contributed by atoms with E-state index in [1.54, 1.807) is 6.07 Å². The zero-order valence-electron chi connectivity index (χ0n) is 13.8. The van der Waals surface area contributed by atoms with Crippen LogP contribution >= 0.6 is 0 Å². The van der Waals surface area contributed by atoms with Gasteiger partial charge >= 0.3 is 6.03 Å². The molecule has 1 heterocycles. The zero-order valence-corrected chi connectivity index (χ0v) is 13.8. The quantitative estimate of drug-likeness (QED) is 0.226. The summed E-state index contributed by atoms with van der Waals surface area (Å²) >= 11 is 0. The van der Waals surface area contributed by atoms with Crippen molar-refractivity contribution < 1.29 is 39.8 Å². The van der Waals surface area contributed by atoms with Gasteiger partial charge in [0.2, 0.25) is 0 Å². The van der Waals surface area contributed by atoms with Crippen LogP contribution in [-0.4, -0.2) is 82.1 Å². The molecule has 1 aromatic carbocycles. The number of hydrogen-bond acceptors (Lipinski definition) is 9. The van der Waals surface area contributed by atoms with Crippen molar-refractivity contribution in [2.75, 3.05) is 13.7 Å². The number of hydrazone groups is 1. The first-order valence-corrected chi connectivity index (χ1v) is 7.64. The Morgan fingerprint density at radius 3 is 2.69 bits per heavy atom. The maximum absolute atomic E-state index is 11.8. The van der Waals surface area contributed by atoms with Gasteiger partial charge in [0.05, 0.1) is 19.9 Å². The number of urea groups is 1. The molecule has 11 heteroatoms. The summed E-state index contributed by atoms with van der Waals surface area (Å²) in [5.74, 6) is 0.192. The number of nitrogens with zero attached hydrogens (tertiary/aromatic N) is 1. The van der Waals surface area contributed by atoms with E-state index in [9.17, 15) is 25.2 Å². The van der Waals surface area contributed by atoms with Crippen LogP contribution in [0, 0.1) is 0 Å². The smallest absolute Gasteiger partial charge is 0.337 e. The first-order valence-electron chi connectivity index (χ1n) is 7.64. The number of aromatic hydroxyl groups is 1. The predicted octanol–water partition coefficient (Wildman–Crippen LogP) is -2.17. The van der Waals surface area contributed by atoms with E-state index in [0.29, 0.717) is 5.56 Å². The van der Waals surface area contributed by atoms with Gasteiger partial charge in [-0.3, -0.25) is 0 Å². The van der Waals surface area contributed by atoms with E-state index in [1.165, 1.54) is 25.5 Å². The van der Waals surface area contributed by atoms with Crippen LogP contribution in [0.2, 0.25) is 0 Å². The number of carbonyl (C=O) groups excluding carboxylic acids is 1. The minimum absolute atomic E-state index is 0.0435. The molecule has 0 spiro atoms. The molecule has 2 rings (SSSR count). The van der Waals surface area contributed by atoms with E-state index in [1.807, 2.05) is 0 Å². The molecule has 11 nitrogen and oxygen atoms in total. The second-order valence-electron chi connectivity index (χ2n) is 5.52. The number of ether oxygens (including phenoxy) is 2. The number of aliphatic hydroxyl groups is 4. The summed E-state index contributed by atoms with van der Waals surface area (Å²) in [6.07, 6.45) is -5.91. The van der Waals surface area contributed by atoms with Crippen LogP contribution in [0.5, 0.6) is 11.5 Å². The topological polar surface area (TPSA) is 173 Å². The number of amides is 2. The molecule has 144 valence electrons. The van der Waals surface area contributed by atoms with Gasteiger partial charge in [-0.15, -0.1) is 0 Å². The average Bonchev–Trinajstić information content (AvgIpc) is 2.63. The number of rotatable bonds is 5. The SMILES string of the molecule is COc1cc(C=NNC(=O)NC2OC(CO)C(O)C(O)C2O)ccc1O. The highest BCUT2D eigenvalue weighted by Gasteiger charge is 2.43. The first-order chi connectivity index (χ1) is 12.4. The lowest BCUT2D eigenvalue weighted by atomic mass is 9.98. The summed E-state index contributed by atoms with van der Waals surface area (Å²) in [5.41, 5.74) is 2.66. The van der Waals surface area contributed by atoms with Gasteiger partial charge in [-0.05, 0) is 23.8 Å². The monoisotopic (exact) mass is 371 g/mol. The maximum atomic E-state index is 11.8. The third kappa shape index (κ3) is 4.59. The molecule has 1 fully saturated rings. The Bertz CT molecular complexity index is 654. The molecule has 1 aliphatic heterocycles. The molecule has 0 bridgehead atoms. The van der Waals surface area contributed by atoms with Gasteiger partial charge in [0.15, 0.2) is 17.7 Å². The predicted molar refractivity (Wildman–Crippen MR) is 87.7 cm³/mol. The Kier molecular flexibility index (Phi) is 6.71. The van der Waals surface area contributed by atoms with E-state index >= 15 is 0 Å². The van der Waals surface area contributed by atoms with Crippen LogP contribution in [0.1, 0.15) is 5.56 Å². The summed E-state index contributed by atoms with van der Waals surface area (Å²) in [5, 5.41) is 53.6. The molecule has 0 saturated carbocycles. The summed E-state index contributed by atoms with van der Waals surface area (Å²) < 4.78 is 10.1. The lowest BCUT2D eigenvalue weighted by Crippen LogP contribution is -2.63. The molecule has 26 heavy (non-hydrogen) atoms. The van der Waals surface area contributed by atoms with Crippen molar-refractivity contribution in [3.05, 3.63) is 23.8 Å². The van der Waals surface area contributed by atoms with Crippen LogP contribution < -0.4 is 15.5 Å². The highest BCUT2D eigenvalue weighted by molar-refractivity contribution is 5.82. The minimum Gasteiger partial charge on any atom is -0.504 e. The molecule has 0 aliphatic carbocycles. The number of phenolic OH excluding ortho intramolecular Hbond substituents is 1. The van der Waals surface area contributed by atoms with Gasteiger partial charge < -0.3 is 40.3 Å². The summed E-state index contributed by atoms with van der Waals surface area (Å²) in [7, 11) is 1.39. The average molecular weight is 371 g/mol. The normalized spacial score (nSPS) is 28.7. The number of aliphatic hydroxyl groups excluding tert-OH is 4. The van der Waals surface area contributed by atoms with Crippen LogP contribution in [0.4, 0.5) is 4.79 Å². The zero-order chi connectivity index (χ0) is 19.3. The Morgan fingerprint density at radius 2 is 2.04 bits per heavy atom. The molecule has 0 aromatic heterocycles. The largest absolute Gasteiger partial charge is 0.504 e. The minimum atomic E-state index is -1.60. The third-order valence-corrected chi connectivity index (χ3v) is 3.75. The highest BCUT2D eigenvalue weighted by Crippen LogP contribution is 2.25. The lowest BCUT2D eigenvalue weighted by Gasteiger charge is -2.39. The number of methoxy groups -OCH3 is 1. The fourth-order valence-corrected chi connectivity index (χ4v) is 2.32. The van der Waals surface area contributed by atoms with E-state index in [0.717, 1.165) is 0 Å². The standard InChI is InChI=1S/C15H21N3O8/c1-25-9-4-7(2-3-8(9)20)5-16-18-15(24)17-14-13(23)12(22)11(21)10(6-19)26-14/h2-5,10-14,19-23H,6H2,1H3,(H2,17,18,24). The number of benzene rings is 1. The molecule has 1 aromatic rings. The Morgan fingerprint density at radius 1 is 1.31 bits per heavy atom. The van der Waals surface area contributed by atoms with Crippen molar-refractivity contribution >= 4 is 12.2 Å². The Labute approximate surface area is 148 Å². The number of hydrogen-bond donors (Lipinski definition) is 7. The van der Waals surface area contributed by atoms with E-state index < -0.39 is 43.3 Å². The van der Waals surface area contributed by atoms with Gasteiger partial charge in [-0.25, -0.2) is 10.2 Å². The van der Waals surface area contributed by atoms with Crippen LogP contribution in [0.25, 0.3) is 0 Å². The Hall–Kier alpha value is -2.44.